The van der Waals surface area contributed by atoms with E-state index in [9.17, 15) is 4.39 Å². The Balaban J connectivity index is 2.68. The lowest BCUT2D eigenvalue weighted by molar-refractivity contribution is 0.616. The largest absolute Gasteiger partial charge is 0.207 e. The van der Waals surface area contributed by atoms with Gasteiger partial charge in [0.25, 0.3) is 0 Å². The molecule has 0 bridgehead atoms. The first-order valence-corrected chi connectivity index (χ1v) is 5.99. The quantitative estimate of drug-likeness (QED) is 0.770. The van der Waals surface area contributed by atoms with Gasteiger partial charge < -0.3 is 0 Å². The zero-order valence-electron chi connectivity index (χ0n) is 9.25. The third-order valence-corrected chi connectivity index (χ3v) is 3.44. The Morgan fingerprint density at radius 1 is 1.06 bits per heavy atom. The monoisotopic (exact) mass is 279 g/mol. The van der Waals surface area contributed by atoms with E-state index in [4.69, 9.17) is 28.5 Å². The van der Waals surface area contributed by atoms with Gasteiger partial charge in [-0.3, -0.25) is 0 Å². The van der Waals surface area contributed by atoms with Crippen LogP contribution in [0.3, 0.4) is 0 Å². The van der Waals surface area contributed by atoms with Gasteiger partial charge in [-0.05, 0) is 17.7 Å². The topological polar surface area (TPSA) is 23.8 Å². The zero-order chi connectivity index (χ0) is 13.1. The molecule has 0 heterocycles. The van der Waals surface area contributed by atoms with Crippen molar-refractivity contribution in [2.24, 2.45) is 0 Å². The van der Waals surface area contributed by atoms with Gasteiger partial charge in [-0.1, -0.05) is 47.5 Å². The first-order valence-electron chi connectivity index (χ1n) is 5.24. The number of nitrogens with zero attached hydrogens (tertiary/aromatic N) is 1. The van der Waals surface area contributed by atoms with Crippen LogP contribution >= 0.6 is 23.2 Å². The minimum atomic E-state index is -0.412. The van der Waals surface area contributed by atoms with E-state index >= 15 is 0 Å². The smallest absolute Gasteiger partial charge is 0.128 e. The molecule has 0 N–H and O–H groups in total. The molecule has 1 nitrogen and oxygen atoms in total. The van der Waals surface area contributed by atoms with E-state index in [1.165, 1.54) is 6.07 Å². The Kier molecular flexibility index (Phi) is 3.86. The molecule has 0 saturated carbocycles. The fourth-order valence-corrected chi connectivity index (χ4v) is 2.18. The van der Waals surface area contributed by atoms with E-state index in [1.54, 1.807) is 30.3 Å². The maximum Gasteiger partial charge on any atom is 0.128 e. The molecule has 2 rings (SSSR count). The highest BCUT2D eigenvalue weighted by atomic mass is 35.5. The van der Waals surface area contributed by atoms with E-state index in [1.807, 2.05) is 6.07 Å². The predicted molar refractivity (Wildman–Crippen MR) is 71.2 cm³/mol. The lowest BCUT2D eigenvalue weighted by Crippen LogP contribution is -1.94. The van der Waals surface area contributed by atoms with Crippen LogP contribution < -0.4 is 0 Å². The summed E-state index contributed by atoms with van der Waals surface area (Å²) in [6.45, 7) is 0. The second-order valence-electron chi connectivity index (χ2n) is 3.70. The van der Waals surface area contributed by atoms with Crippen molar-refractivity contribution in [1.82, 2.24) is 0 Å². The molecule has 0 radical (unpaired) electrons. The molecule has 0 atom stereocenters. The van der Waals surface area contributed by atoms with Gasteiger partial charge in [-0.25, -0.2) is 4.39 Å². The van der Waals surface area contributed by atoms with E-state index in [-0.39, 0.29) is 6.42 Å². The van der Waals surface area contributed by atoms with Gasteiger partial charge in [0.2, 0.25) is 0 Å². The molecule has 2 aromatic rings. The molecule has 2 aromatic carbocycles. The number of hydrogen-bond donors (Lipinski definition) is 0. The molecule has 4 heteroatoms. The number of nitriles is 1. The average molecular weight is 280 g/mol. The van der Waals surface area contributed by atoms with Crippen molar-refractivity contribution in [3.05, 3.63) is 57.8 Å². The van der Waals surface area contributed by atoms with Crippen LogP contribution in [0.2, 0.25) is 10.0 Å². The third-order valence-electron chi connectivity index (χ3n) is 2.62. The van der Waals surface area contributed by atoms with Crippen LogP contribution in [0.15, 0.2) is 36.4 Å². The Morgan fingerprint density at radius 3 is 2.44 bits per heavy atom. The van der Waals surface area contributed by atoms with Gasteiger partial charge in [0, 0.05) is 11.1 Å². The second-order valence-corrected chi connectivity index (χ2v) is 4.49. The van der Waals surface area contributed by atoms with Gasteiger partial charge >= 0.3 is 0 Å². The van der Waals surface area contributed by atoms with Gasteiger partial charge in [0.05, 0.1) is 22.5 Å². The van der Waals surface area contributed by atoms with Crippen LogP contribution in [0.25, 0.3) is 11.1 Å². The van der Waals surface area contributed by atoms with Crippen LogP contribution in [0, 0.1) is 17.1 Å². The maximum absolute atomic E-state index is 13.7. The summed E-state index contributed by atoms with van der Waals surface area (Å²) in [7, 11) is 0. The van der Waals surface area contributed by atoms with E-state index in [0.29, 0.717) is 26.7 Å². The molecule has 0 spiro atoms. The Hall–Kier alpha value is -1.56. The fraction of sp³-hybridized carbons (Fsp3) is 0.0714. The maximum atomic E-state index is 13.7. The SMILES string of the molecule is N#CCc1c(F)cccc1-c1cccc(Cl)c1Cl. The Labute approximate surface area is 114 Å². The summed E-state index contributed by atoms with van der Waals surface area (Å²) in [6, 6.07) is 11.8. The van der Waals surface area contributed by atoms with Crippen molar-refractivity contribution in [3.63, 3.8) is 0 Å². The van der Waals surface area contributed by atoms with Crippen molar-refractivity contribution >= 4 is 23.2 Å². The molecule has 0 aromatic heterocycles. The van der Waals surface area contributed by atoms with Crippen LogP contribution in [-0.4, -0.2) is 0 Å². The molecule has 0 saturated heterocycles. The van der Waals surface area contributed by atoms with Crippen molar-refractivity contribution in [2.75, 3.05) is 0 Å². The van der Waals surface area contributed by atoms with E-state index < -0.39 is 5.82 Å². The van der Waals surface area contributed by atoms with Crippen LogP contribution in [0.4, 0.5) is 4.39 Å². The summed E-state index contributed by atoms with van der Waals surface area (Å²) in [5.41, 5.74) is 1.57. The first kappa shape index (κ1) is 12.9. The highest BCUT2D eigenvalue weighted by molar-refractivity contribution is 6.43. The number of benzene rings is 2. The number of hydrogen-bond acceptors (Lipinski definition) is 1. The molecule has 0 unspecified atom stereocenters. The van der Waals surface area contributed by atoms with E-state index in [0.717, 1.165) is 0 Å². The van der Waals surface area contributed by atoms with Gasteiger partial charge in [-0.15, -0.1) is 0 Å². The van der Waals surface area contributed by atoms with Crippen molar-refractivity contribution in [2.45, 2.75) is 6.42 Å². The normalized spacial score (nSPS) is 10.1. The summed E-state index contributed by atoms with van der Waals surface area (Å²) in [6.07, 6.45) is -0.00908. The van der Waals surface area contributed by atoms with Crippen molar-refractivity contribution < 1.29 is 4.39 Å². The highest BCUT2D eigenvalue weighted by Crippen LogP contribution is 2.35. The molecule has 0 aliphatic carbocycles. The van der Waals surface area contributed by atoms with Crippen molar-refractivity contribution in [3.8, 4) is 17.2 Å². The highest BCUT2D eigenvalue weighted by Gasteiger charge is 2.13. The summed E-state index contributed by atoms with van der Waals surface area (Å²) in [5, 5.41) is 9.53. The second kappa shape index (κ2) is 5.39. The standard InChI is InChI=1S/C14H8Cl2FN/c15-12-5-1-4-11(14(12)16)9-3-2-6-13(17)10(9)7-8-18/h1-6H,7H2. The Bertz CT molecular complexity index is 632. The first-order chi connectivity index (χ1) is 8.65. The molecule has 0 amide bonds. The van der Waals surface area contributed by atoms with E-state index in [2.05, 4.69) is 0 Å². The fourth-order valence-electron chi connectivity index (χ4n) is 1.78. The number of rotatable bonds is 2. The molecule has 18 heavy (non-hydrogen) atoms. The summed E-state index contributed by atoms with van der Waals surface area (Å²) < 4.78 is 13.7. The number of halogens is 3. The minimum Gasteiger partial charge on any atom is -0.207 e. The summed E-state index contributed by atoms with van der Waals surface area (Å²) in [5.74, 6) is -0.412. The van der Waals surface area contributed by atoms with Gasteiger partial charge in [0.1, 0.15) is 5.82 Å². The molecular weight excluding hydrogens is 272 g/mol. The molecule has 90 valence electrons. The van der Waals surface area contributed by atoms with Gasteiger partial charge in [-0.2, -0.15) is 5.26 Å². The summed E-state index contributed by atoms with van der Waals surface area (Å²) >= 11 is 12.1. The van der Waals surface area contributed by atoms with Crippen LogP contribution in [0.5, 0.6) is 0 Å². The average Bonchev–Trinajstić information content (AvgIpc) is 2.36. The Morgan fingerprint density at radius 2 is 1.72 bits per heavy atom. The lowest BCUT2D eigenvalue weighted by atomic mass is 9.97. The van der Waals surface area contributed by atoms with Gasteiger partial charge in [0.15, 0.2) is 0 Å². The molecule has 0 fully saturated rings. The predicted octanol–water partition coefficient (Wildman–Crippen LogP) is 4.87. The lowest BCUT2D eigenvalue weighted by Gasteiger charge is -2.10. The zero-order valence-corrected chi connectivity index (χ0v) is 10.8. The third kappa shape index (κ3) is 2.33. The molecular formula is C14H8Cl2FN. The van der Waals surface area contributed by atoms with Crippen LogP contribution in [0.1, 0.15) is 5.56 Å². The van der Waals surface area contributed by atoms with Crippen LogP contribution in [-0.2, 0) is 6.42 Å². The minimum absolute atomic E-state index is 0.00908. The summed E-state index contributed by atoms with van der Waals surface area (Å²) in [4.78, 5) is 0. The molecule has 0 aliphatic heterocycles. The molecule has 0 aliphatic rings. The van der Waals surface area contributed by atoms with Crippen molar-refractivity contribution in [1.29, 1.82) is 5.26 Å².